The lowest BCUT2D eigenvalue weighted by atomic mass is 10.2. The number of nitrogens with zero attached hydrogens (tertiary/aromatic N) is 2. The number of anilines is 2. The minimum Gasteiger partial charge on any atom is -0.325 e. The number of nitrogens with one attached hydrogen (secondary N) is 1. The van der Waals surface area contributed by atoms with E-state index in [-0.39, 0.29) is 23.1 Å². The molecule has 0 spiro atoms. The predicted molar refractivity (Wildman–Crippen MR) is 122 cm³/mol. The highest BCUT2D eigenvalue weighted by Gasteiger charge is 2.31. The number of hydrogen-bond acceptors (Lipinski definition) is 5. The first-order valence-corrected chi connectivity index (χ1v) is 12.9. The van der Waals surface area contributed by atoms with Gasteiger partial charge in [0.1, 0.15) is 12.4 Å². The molecule has 1 saturated heterocycles. The van der Waals surface area contributed by atoms with Crippen LogP contribution in [-0.2, 0) is 19.6 Å². The van der Waals surface area contributed by atoms with Crippen molar-refractivity contribution in [1.29, 1.82) is 0 Å². The highest BCUT2D eigenvalue weighted by molar-refractivity contribution is 8.00. The average Bonchev–Trinajstić information content (AvgIpc) is 3.07. The summed E-state index contributed by atoms with van der Waals surface area (Å²) in [4.78, 5) is 27.3. The van der Waals surface area contributed by atoms with E-state index in [0.29, 0.717) is 24.5 Å². The van der Waals surface area contributed by atoms with Crippen molar-refractivity contribution in [1.82, 2.24) is 4.31 Å². The number of benzene rings is 2. The highest BCUT2D eigenvalue weighted by Crippen LogP contribution is 2.37. The molecule has 2 aromatic carbocycles. The summed E-state index contributed by atoms with van der Waals surface area (Å²) in [6, 6.07) is 10.1. The quantitative estimate of drug-likeness (QED) is 0.713. The van der Waals surface area contributed by atoms with E-state index >= 15 is 0 Å². The van der Waals surface area contributed by atoms with Gasteiger partial charge in [0.05, 0.1) is 16.3 Å². The first-order chi connectivity index (χ1) is 15.3. The van der Waals surface area contributed by atoms with Crippen molar-refractivity contribution in [3.63, 3.8) is 0 Å². The Kier molecular flexibility index (Phi) is 6.82. The third-order valence-electron chi connectivity index (χ3n) is 5.51. The van der Waals surface area contributed by atoms with E-state index in [0.717, 1.165) is 30.6 Å². The van der Waals surface area contributed by atoms with Gasteiger partial charge in [-0.3, -0.25) is 9.59 Å². The molecule has 0 atom stereocenters. The molecule has 0 saturated carbocycles. The zero-order valence-electron chi connectivity index (χ0n) is 17.4. The lowest BCUT2D eigenvalue weighted by Crippen LogP contribution is -2.41. The maximum Gasteiger partial charge on any atom is 0.244 e. The second-order valence-corrected chi connectivity index (χ2v) is 10.7. The highest BCUT2D eigenvalue weighted by atomic mass is 32.2. The molecule has 10 heteroatoms. The normalized spacial score (nSPS) is 17.5. The van der Waals surface area contributed by atoms with Gasteiger partial charge in [0, 0.05) is 23.7 Å². The Morgan fingerprint density at radius 3 is 2.41 bits per heavy atom. The lowest BCUT2D eigenvalue weighted by molar-refractivity contribution is -0.120. The van der Waals surface area contributed by atoms with Gasteiger partial charge >= 0.3 is 0 Å². The van der Waals surface area contributed by atoms with Gasteiger partial charge in [0.25, 0.3) is 0 Å². The number of hydrogen-bond donors (Lipinski definition) is 1. The maximum atomic E-state index is 13.2. The van der Waals surface area contributed by atoms with E-state index in [9.17, 15) is 22.4 Å². The fraction of sp³-hybridized carbons (Fsp3) is 0.364. The molecular formula is C22H24FN3O4S2. The zero-order chi connectivity index (χ0) is 22.7. The molecule has 32 heavy (non-hydrogen) atoms. The second-order valence-electron chi connectivity index (χ2n) is 7.77. The van der Waals surface area contributed by atoms with Crippen LogP contribution >= 0.6 is 11.8 Å². The molecule has 2 aliphatic heterocycles. The minimum absolute atomic E-state index is 0.123. The number of amides is 2. The topological polar surface area (TPSA) is 86.8 Å². The minimum atomic E-state index is -3.69. The number of halogens is 1. The van der Waals surface area contributed by atoms with Crippen molar-refractivity contribution in [2.24, 2.45) is 0 Å². The van der Waals surface area contributed by atoms with Gasteiger partial charge in [-0.05, 0) is 55.3 Å². The molecule has 2 aromatic rings. The van der Waals surface area contributed by atoms with Crippen LogP contribution in [-0.4, -0.2) is 49.9 Å². The molecule has 2 aliphatic rings. The van der Waals surface area contributed by atoms with Gasteiger partial charge in [-0.15, -0.1) is 11.8 Å². The smallest absolute Gasteiger partial charge is 0.244 e. The average molecular weight is 478 g/mol. The Hall–Kier alpha value is -2.43. The van der Waals surface area contributed by atoms with Crippen molar-refractivity contribution >= 4 is 45.0 Å². The molecule has 2 amide bonds. The Morgan fingerprint density at radius 2 is 1.72 bits per heavy atom. The van der Waals surface area contributed by atoms with Crippen molar-refractivity contribution in [2.45, 2.75) is 35.5 Å². The summed E-state index contributed by atoms with van der Waals surface area (Å²) in [7, 11) is -3.69. The molecule has 7 nitrogen and oxygen atoms in total. The van der Waals surface area contributed by atoms with Gasteiger partial charge in [0.2, 0.25) is 21.8 Å². The number of fused-ring (bicyclic) bond motifs is 1. The van der Waals surface area contributed by atoms with Crippen molar-refractivity contribution in [3.8, 4) is 0 Å². The van der Waals surface area contributed by atoms with Crippen molar-refractivity contribution in [2.75, 3.05) is 35.6 Å². The first-order valence-electron chi connectivity index (χ1n) is 10.5. The van der Waals surface area contributed by atoms with Crippen LogP contribution in [0.5, 0.6) is 0 Å². The molecule has 2 heterocycles. The number of carbonyl (C=O) groups excluding carboxylic acids is 2. The maximum absolute atomic E-state index is 13.2. The Bertz CT molecular complexity index is 1110. The van der Waals surface area contributed by atoms with Crippen LogP contribution in [0, 0.1) is 5.82 Å². The van der Waals surface area contributed by atoms with E-state index in [1.165, 1.54) is 51.3 Å². The van der Waals surface area contributed by atoms with E-state index in [1.54, 1.807) is 12.1 Å². The van der Waals surface area contributed by atoms with Crippen LogP contribution in [0.25, 0.3) is 0 Å². The SMILES string of the molecule is O=C(CN1C(=O)CSc2ccc(S(=O)(=O)N3CCCCCC3)cc21)Nc1ccc(F)cc1. The predicted octanol–water partition coefficient (Wildman–Crippen LogP) is 3.47. The first kappa shape index (κ1) is 22.8. The van der Waals surface area contributed by atoms with E-state index in [4.69, 9.17) is 0 Å². The molecule has 4 rings (SSSR count). The number of thioether (sulfide) groups is 1. The summed E-state index contributed by atoms with van der Waals surface area (Å²) in [5, 5.41) is 2.64. The van der Waals surface area contributed by atoms with Crippen molar-refractivity contribution < 1.29 is 22.4 Å². The van der Waals surface area contributed by atoms with E-state index in [2.05, 4.69) is 5.32 Å². The van der Waals surface area contributed by atoms with Gasteiger partial charge in [-0.2, -0.15) is 4.31 Å². The second kappa shape index (κ2) is 9.60. The lowest BCUT2D eigenvalue weighted by Gasteiger charge is -2.29. The van der Waals surface area contributed by atoms with E-state index < -0.39 is 21.7 Å². The third kappa shape index (κ3) is 4.97. The van der Waals surface area contributed by atoms with Gasteiger partial charge < -0.3 is 10.2 Å². The standard InChI is InChI=1S/C22H24FN3O4S2/c23-16-5-7-17(8-6-16)24-21(27)14-26-19-13-18(9-10-20(19)31-15-22(26)28)32(29,30)25-11-3-1-2-4-12-25/h5-10,13H,1-4,11-12,14-15H2,(H,24,27). The number of rotatable bonds is 5. The van der Waals surface area contributed by atoms with Crippen LogP contribution in [0.3, 0.4) is 0 Å². The molecule has 0 aliphatic carbocycles. The summed E-state index contributed by atoms with van der Waals surface area (Å²) in [6.07, 6.45) is 3.68. The fourth-order valence-electron chi connectivity index (χ4n) is 3.82. The van der Waals surface area contributed by atoms with Crippen molar-refractivity contribution in [3.05, 3.63) is 48.3 Å². The molecular weight excluding hydrogens is 453 g/mol. The fourth-order valence-corrected chi connectivity index (χ4v) is 6.28. The summed E-state index contributed by atoms with van der Waals surface area (Å²) in [6.45, 7) is 0.699. The van der Waals surface area contributed by atoms with Crippen LogP contribution in [0.1, 0.15) is 25.7 Å². The molecule has 0 radical (unpaired) electrons. The Labute approximate surface area is 191 Å². The summed E-state index contributed by atoms with van der Waals surface area (Å²) in [5.41, 5.74) is 0.823. The molecule has 0 bridgehead atoms. The summed E-state index contributed by atoms with van der Waals surface area (Å²) >= 11 is 1.32. The van der Waals surface area contributed by atoms with Gasteiger partial charge in [-0.1, -0.05) is 12.8 Å². The van der Waals surface area contributed by atoms with E-state index in [1.807, 2.05) is 0 Å². The number of sulfonamides is 1. The Morgan fingerprint density at radius 1 is 1.03 bits per heavy atom. The molecule has 0 aromatic heterocycles. The monoisotopic (exact) mass is 477 g/mol. The van der Waals surface area contributed by atoms with Crippen LogP contribution in [0.4, 0.5) is 15.8 Å². The Balaban J connectivity index is 1.58. The van der Waals surface area contributed by atoms with Gasteiger partial charge in [0.15, 0.2) is 0 Å². The number of carbonyl (C=O) groups is 2. The molecule has 1 fully saturated rings. The molecule has 170 valence electrons. The van der Waals surface area contributed by atoms with Gasteiger partial charge in [-0.25, -0.2) is 12.8 Å². The molecule has 0 unspecified atom stereocenters. The zero-order valence-corrected chi connectivity index (χ0v) is 19.1. The third-order valence-corrected chi connectivity index (χ3v) is 8.45. The van der Waals surface area contributed by atoms with Crippen LogP contribution in [0.2, 0.25) is 0 Å². The van der Waals surface area contributed by atoms with Crippen LogP contribution in [0.15, 0.2) is 52.3 Å². The molecule has 1 N–H and O–H groups in total. The van der Waals surface area contributed by atoms with Crippen LogP contribution < -0.4 is 10.2 Å². The largest absolute Gasteiger partial charge is 0.325 e. The summed E-state index contributed by atoms with van der Waals surface area (Å²) < 4.78 is 41.0. The summed E-state index contributed by atoms with van der Waals surface area (Å²) in [5.74, 6) is -0.988.